The zero-order chi connectivity index (χ0) is 21.6. The number of ketones is 2. The number of nitrogens with zero attached hydrogens (tertiary/aromatic N) is 4. The number of Topliss-reactive ketones (excluding diaryl/α,β-unsaturated/α-hetero) is 2. The number of benzene rings is 1. The minimum atomic E-state index is -0.440. The molecule has 0 fully saturated rings. The lowest BCUT2D eigenvalue weighted by Crippen LogP contribution is -2.09. The molecule has 0 N–H and O–H groups in total. The first-order valence-electron chi connectivity index (χ1n) is 9.53. The van der Waals surface area contributed by atoms with Crippen molar-refractivity contribution in [1.82, 2.24) is 14.8 Å². The number of terminal acetylenes is 1. The first-order valence-corrected chi connectivity index (χ1v) is 10.3. The van der Waals surface area contributed by atoms with Crippen LogP contribution < -0.4 is 0 Å². The molecule has 0 aliphatic carbocycles. The van der Waals surface area contributed by atoms with E-state index >= 15 is 0 Å². The van der Waals surface area contributed by atoms with Crippen molar-refractivity contribution < 1.29 is 9.59 Å². The van der Waals surface area contributed by atoms with Crippen molar-refractivity contribution in [2.45, 2.75) is 40.2 Å². The molecule has 4 rings (SSSR count). The van der Waals surface area contributed by atoms with Gasteiger partial charge in [-0.1, -0.05) is 12.1 Å². The number of aromatic nitrogens is 3. The van der Waals surface area contributed by atoms with Gasteiger partial charge in [0.1, 0.15) is 22.7 Å². The van der Waals surface area contributed by atoms with Crippen LogP contribution in [0.25, 0.3) is 5.00 Å². The van der Waals surface area contributed by atoms with Gasteiger partial charge in [0.05, 0.1) is 5.71 Å². The van der Waals surface area contributed by atoms with E-state index in [1.165, 1.54) is 4.88 Å². The molecule has 2 aromatic heterocycles. The van der Waals surface area contributed by atoms with Crippen LogP contribution in [0.1, 0.15) is 63.0 Å². The summed E-state index contributed by atoms with van der Waals surface area (Å²) in [6, 6.07) is 6.69. The smallest absolute Gasteiger partial charge is 0.235 e. The number of fused-ring (bicyclic) bond motifs is 3. The van der Waals surface area contributed by atoms with Crippen molar-refractivity contribution in [2.24, 2.45) is 4.99 Å². The average Bonchev–Trinajstić information content (AvgIpc) is 3.19. The Hall–Kier alpha value is -3.37. The Balaban J connectivity index is 1.97. The first-order chi connectivity index (χ1) is 14.3. The van der Waals surface area contributed by atoms with Crippen LogP contribution in [0.5, 0.6) is 0 Å². The standard InChI is InChI=1S/C23H20N4O2S/c1-6-19(29)16-7-9-17(10-8-16)21-20-13(3)14(4)30-23(20)27-15(5)25-26-22(27)18(24-21)11-12(2)28/h1,7-10,18H,11H2,2-5H3/t18-/m0/s1. The van der Waals surface area contributed by atoms with Gasteiger partial charge in [-0.15, -0.1) is 28.0 Å². The Morgan fingerprint density at radius 3 is 2.50 bits per heavy atom. The van der Waals surface area contributed by atoms with Gasteiger partial charge in [0, 0.05) is 28.0 Å². The van der Waals surface area contributed by atoms with E-state index < -0.39 is 6.04 Å². The summed E-state index contributed by atoms with van der Waals surface area (Å²) in [6.45, 7) is 7.61. The molecule has 1 aromatic carbocycles. The lowest BCUT2D eigenvalue weighted by Gasteiger charge is -2.11. The van der Waals surface area contributed by atoms with Gasteiger partial charge in [0.2, 0.25) is 5.78 Å². The van der Waals surface area contributed by atoms with Crippen molar-refractivity contribution >= 4 is 28.6 Å². The van der Waals surface area contributed by atoms with E-state index in [0.717, 1.165) is 33.2 Å². The van der Waals surface area contributed by atoms with Crippen LogP contribution in [-0.2, 0) is 4.79 Å². The van der Waals surface area contributed by atoms with Crippen LogP contribution in [0.4, 0.5) is 0 Å². The predicted molar refractivity (Wildman–Crippen MR) is 117 cm³/mol. The summed E-state index contributed by atoms with van der Waals surface area (Å²) in [5.74, 6) is 3.23. The summed E-state index contributed by atoms with van der Waals surface area (Å²) in [6.07, 6.45) is 5.48. The number of carbonyl (C=O) groups is 2. The SMILES string of the molecule is C#CC(=O)c1ccc(C2=N[C@@H](CC(C)=O)c3nnc(C)n3-c3sc(C)c(C)c32)cc1. The van der Waals surface area contributed by atoms with Gasteiger partial charge in [-0.25, -0.2) is 0 Å². The van der Waals surface area contributed by atoms with Crippen LogP contribution >= 0.6 is 11.3 Å². The fourth-order valence-corrected chi connectivity index (χ4v) is 4.87. The summed E-state index contributed by atoms with van der Waals surface area (Å²) in [5.41, 5.74) is 4.23. The first kappa shape index (κ1) is 19.9. The molecule has 3 aromatic rings. The van der Waals surface area contributed by atoms with Crippen LogP contribution in [0.3, 0.4) is 0 Å². The van der Waals surface area contributed by atoms with E-state index in [1.54, 1.807) is 30.4 Å². The van der Waals surface area contributed by atoms with Crippen molar-refractivity contribution in [2.75, 3.05) is 0 Å². The number of aliphatic imine (C=N–C) groups is 1. The van der Waals surface area contributed by atoms with Crippen molar-refractivity contribution in [1.29, 1.82) is 0 Å². The van der Waals surface area contributed by atoms with Crippen molar-refractivity contribution in [3.8, 4) is 17.3 Å². The monoisotopic (exact) mass is 416 g/mol. The third-order valence-electron chi connectivity index (χ3n) is 5.27. The molecule has 1 aliphatic heterocycles. The van der Waals surface area contributed by atoms with E-state index in [0.29, 0.717) is 11.4 Å². The van der Waals surface area contributed by atoms with Gasteiger partial charge in [0.25, 0.3) is 0 Å². The highest BCUT2D eigenvalue weighted by molar-refractivity contribution is 7.15. The Morgan fingerprint density at radius 1 is 1.17 bits per heavy atom. The molecule has 3 heterocycles. The molecule has 30 heavy (non-hydrogen) atoms. The molecular formula is C23H20N4O2S. The molecule has 0 saturated carbocycles. The van der Waals surface area contributed by atoms with Gasteiger partial charge < -0.3 is 0 Å². The van der Waals surface area contributed by atoms with E-state index in [1.807, 2.05) is 23.6 Å². The molecule has 150 valence electrons. The highest BCUT2D eigenvalue weighted by Crippen LogP contribution is 2.39. The predicted octanol–water partition coefficient (Wildman–Crippen LogP) is 3.94. The fourth-order valence-electron chi connectivity index (χ4n) is 3.66. The molecule has 0 amide bonds. The Labute approximate surface area is 178 Å². The summed E-state index contributed by atoms with van der Waals surface area (Å²) in [7, 11) is 0. The Kier molecular flexibility index (Phi) is 4.96. The summed E-state index contributed by atoms with van der Waals surface area (Å²) in [5, 5.41) is 9.61. The molecule has 0 spiro atoms. The minimum absolute atomic E-state index is 0.0309. The van der Waals surface area contributed by atoms with E-state index in [4.69, 9.17) is 11.4 Å². The number of aryl methyl sites for hydroxylation is 2. The maximum absolute atomic E-state index is 12.0. The van der Waals surface area contributed by atoms with Crippen LogP contribution in [0.15, 0.2) is 29.3 Å². The highest BCUT2D eigenvalue weighted by atomic mass is 32.1. The largest absolute Gasteiger partial charge is 0.300 e. The normalized spacial score (nSPS) is 14.9. The molecule has 1 aliphatic rings. The van der Waals surface area contributed by atoms with Crippen molar-refractivity contribution in [3.63, 3.8) is 0 Å². The molecule has 0 unspecified atom stereocenters. The topological polar surface area (TPSA) is 77.2 Å². The van der Waals surface area contributed by atoms with Gasteiger partial charge in [-0.3, -0.25) is 19.1 Å². The minimum Gasteiger partial charge on any atom is -0.300 e. The summed E-state index contributed by atoms with van der Waals surface area (Å²) in [4.78, 5) is 30.0. The molecule has 0 radical (unpaired) electrons. The lowest BCUT2D eigenvalue weighted by atomic mass is 9.98. The van der Waals surface area contributed by atoms with Gasteiger partial charge in [0.15, 0.2) is 5.82 Å². The van der Waals surface area contributed by atoms with E-state index in [2.05, 4.69) is 30.0 Å². The number of hydrogen-bond acceptors (Lipinski definition) is 6. The van der Waals surface area contributed by atoms with Crippen molar-refractivity contribution in [3.05, 3.63) is 63.0 Å². The quantitative estimate of drug-likeness (QED) is 0.367. The maximum Gasteiger partial charge on any atom is 0.235 e. The third kappa shape index (κ3) is 3.19. The fraction of sp³-hybridized carbons (Fsp3) is 0.261. The molecule has 0 bridgehead atoms. The lowest BCUT2D eigenvalue weighted by molar-refractivity contribution is -0.117. The van der Waals surface area contributed by atoms with E-state index in [9.17, 15) is 9.59 Å². The second kappa shape index (κ2) is 7.47. The zero-order valence-electron chi connectivity index (χ0n) is 17.2. The maximum atomic E-state index is 12.0. The number of thiophene rings is 1. The zero-order valence-corrected chi connectivity index (χ0v) is 18.0. The summed E-state index contributed by atoms with van der Waals surface area (Å²) >= 11 is 1.66. The second-order valence-corrected chi connectivity index (χ2v) is 8.56. The second-order valence-electron chi connectivity index (χ2n) is 7.35. The molecular weight excluding hydrogens is 396 g/mol. The molecule has 0 saturated heterocycles. The third-order valence-corrected chi connectivity index (χ3v) is 6.46. The van der Waals surface area contributed by atoms with Crippen LogP contribution in [0.2, 0.25) is 0 Å². The molecule has 7 heteroatoms. The van der Waals surface area contributed by atoms with E-state index in [-0.39, 0.29) is 18.0 Å². The number of rotatable bonds is 4. The Bertz CT molecular complexity index is 1260. The van der Waals surface area contributed by atoms with Gasteiger partial charge in [-0.2, -0.15) is 0 Å². The number of carbonyl (C=O) groups excluding carboxylic acids is 2. The summed E-state index contributed by atoms with van der Waals surface area (Å²) < 4.78 is 2.01. The molecule has 6 nitrogen and oxygen atoms in total. The van der Waals surface area contributed by atoms with Gasteiger partial charge >= 0.3 is 0 Å². The Morgan fingerprint density at radius 2 is 1.87 bits per heavy atom. The van der Waals surface area contributed by atoms with Gasteiger partial charge in [-0.05, 0) is 51.3 Å². The highest BCUT2D eigenvalue weighted by Gasteiger charge is 2.31. The molecule has 1 atom stereocenters. The van der Waals surface area contributed by atoms with Crippen LogP contribution in [0, 0.1) is 33.1 Å². The number of hydrogen-bond donors (Lipinski definition) is 0. The average molecular weight is 417 g/mol. The van der Waals surface area contributed by atoms with Crippen LogP contribution in [-0.4, -0.2) is 32.0 Å².